The third kappa shape index (κ3) is 4.68. The minimum absolute atomic E-state index is 0.351. The Morgan fingerprint density at radius 3 is 2.75 bits per heavy atom. The molecule has 0 atom stereocenters. The van der Waals surface area contributed by atoms with E-state index in [1.807, 2.05) is 17.9 Å². The number of aromatic nitrogens is 2. The van der Waals surface area contributed by atoms with Crippen molar-refractivity contribution in [3.8, 4) is 0 Å². The number of hydrogen-bond acceptors (Lipinski definition) is 4. The van der Waals surface area contributed by atoms with E-state index in [1.165, 1.54) is 36.8 Å². The summed E-state index contributed by atoms with van der Waals surface area (Å²) in [6.45, 7) is 7.17. The highest BCUT2D eigenvalue weighted by atomic mass is 32.1. The Kier molecular flexibility index (Phi) is 6.09. The van der Waals surface area contributed by atoms with Crippen molar-refractivity contribution in [1.82, 2.24) is 14.7 Å². The van der Waals surface area contributed by atoms with Gasteiger partial charge in [0.2, 0.25) is 0 Å². The van der Waals surface area contributed by atoms with Gasteiger partial charge in [-0.05, 0) is 73.5 Å². The zero-order valence-electron chi connectivity index (χ0n) is 14.9. The first-order valence-corrected chi connectivity index (χ1v) is 9.92. The molecule has 2 aromatic heterocycles. The molecule has 0 spiro atoms. The van der Waals surface area contributed by atoms with Crippen LogP contribution < -0.4 is 0 Å². The van der Waals surface area contributed by atoms with Crippen LogP contribution in [0.4, 0.5) is 0 Å². The van der Waals surface area contributed by atoms with Crippen LogP contribution in [0, 0.1) is 5.41 Å². The first-order valence-electron chi connectivity index (χ1n) is 8.98. The van der Waals surface area contributed by atoms with Crippen LogP contribution in [0.15, 0.2) is 29.2 Å². The molecule has 0 amide bonds. The van der Waals surface area contributed by atoms with Gasteiger partial charge in [0, 0.05) is 32.0 Å². The van der Waals surface area contributed by atoms with E-state index in [-0.39, 0.29) is 0 Å². The fourth-order valence-electron chi connectivity index (χ4n) is 3.63. The average molecular weight is 348 g/mol. The number of aryl methyl sites for hydroxylation is 2. The van der Waals surface area contributed by atoms with Crippen LogP contribution in [0.2, 0.25) is 0 Å². The maximum Gasteiger partial charge on any atom is 0.0534 e. The van der Waals surface area contributed by atoms with Crippen molar-refractivity contribution in [2.45, 2.75) is 39.2 Å². The van der Waals surface area contributed by atoms with Crippen LogP contribution in [-0.2, 0) is 24.8 Å². The summed E-state index contributed by atoms with van der Waals surface area (Å²) in [6, 6.07) is 2.26. The monoisotopic (exact) mass is 347 g/mol. The van der Waals surface area contributed by atoms with Gasteiger partial charge in [0.05, 0.1) is 12.8 Å². The number of rotatable bonds is 8. The maximum absolute atomic E-state index is 5.87. The second-order valence-corrected chi connectivity index (χ2v) is 7.85. The van der Waals surface area contributed by atoms with Crippen LogP contribution >= 0.6 is 11.3 Å². The van der Waals surface area contributed by atoms with Crippen molar-refractivity contribution in [1.29, 1.82) is 0 Å². The third-order valence-electron chi connectivity index (χ3n) is 5.22. The molecule has 0 aliphatic carbocycles. The summed E-state index contributed by atoms with van der Waals surface area (Å²) in [7, 11) is 1.98. The van der Waals surface area contributed by atoms with Gasteiger partial charge in [0.25, 0.3) is 0 Å². The molecule has 0 unspecified atom stereocenters. The van der Waals surface area contributed by atoms with Crippen LogP contribution in [0.1, 0.15) is 37.3 Å². The molecule has 0 N–H and O–H groups in total. The Morgan fingerprint density at radius 2 is 2.12 bits per heavy atom. The van der Waals surface area contributed by atoms with E-state index >= 15 is 0 Å². The summed E-state index contributed by atoms with van der Waals surface area (Å²) in [5.74, 6) is 0. The predicted molar refractivity (Wildman–Crippen MR) is 99.3 cm³/mol. The van der Waals surface area contributed by atoms with Gasteiger partial charge in [-0.3, -0.25) is 9.58 Å². The standard InChI is InChI=1S/C19H29N3OS/c1-3-23-16-19(6-4-17-5-11-24-15-17)7-9-22(10-8-19)14-18-12-20-21(2)13-18/h5,11-13,15H,3-4,6-10,14,16H2,1-2H3. The molecule has 0 bridgehead atoms. The van der Waals surface area contributed by atoms with Crippen molar-refractivity contribution in [3.63, 3.8) is 0 Å². The third-order valence-corrected chi connectivity index (χ3v) is 5.95. The van der Waals surface area contributed by atoms with Gasteiger partial charge in [-0.15, -0.1) is 0 Å². The molecular weight excluding hydrogens is 318 g/mol. The molecule has 2 aromatic rings. The lowest BCUT2D eigenvalue weighted by Crippen LogP contribution is -2.42. The summed E-state index contributed by atoms with van der Waals surface area (Å²) in [6.07, 6.45) is 9.00. The number of piperidine rings is 1. The molecule has 0 saturated carbocycles. The number of likely N-dealkylation sites (tertiary alicyclic amines) is 1. The first-order chi connectivity index (χ1) is 11.7. The SMILES string of the molecule is CCOCC1(CCc2ccsc2)CCN(Cc2cnn(C)c2)CC1. The van der Waals surface area contributed by atoms with Crippen molar-refractivity contribution in [2.75, 3.05) is 26.3 Å². The molecule has 1 aliphatic heterocycles. The Hall–Kier alpha value is -1.17. The zero-order valence-corrected chi connectivity index (χ0v) is 15.7. The average Bonchev–Trinajstić information content (AvgIpc) is 3.25. The maximum atomic E-state index is 5.87. The van der Waals surface area contributed by atoms with Crippen molar-refractivity contribution < 1.29 is 4.74 Å². The molecule has 0 aromatic carbocycles. The van der Waals surface area contributed by atoms with Gasteiger partial charge in [0.15, 0.2) is 0 Å². The molecule has 1 aliphatic rings. The van der Waals surface area contributed by atoms with Crippen molar-refractivity contribution in [2.24, 2.45) is 12.5 Å². The van der Waals surface area contributed by atoms with Crippen LogP contribution in [0.5, 0.6) is 0 Å². The van der Waals surface area contributed by atoms with E-state index in [0.717, 1.165) is 32.8 Å². The lowest BCUT2D eigenvalue weighted by atomic mass is 9.75. The molecule has 5 heteroatoms. The van der Waals surface area contributed by atoms with Crippen molar-refractivity contribution >= 4 is 11.3 Å². The normalized spacial score (nSPS) is 18.1. The smallest absolute Gasteiger partial charge is 0.0534 e. The molecule has 3 rings (SSSR count). The van der Waals surface area contributed by atoms with Gasteiger partial charge < -0.3 is 4.74 Å². The van der Waals surface area contributed by atoms with Crippen molar-refractivity contribution in [3.05, 3.63) is 40.3 Å². The van der Waals surface area contributed by atoms with Gasteiger partial charge in [0.1, 0.15) is 0 Å². The minimum Gasteiger partial charge on any atom is -0.381 e. The van der Waals surface area contributed by atoms with E-state index in [2.05, 4.69) is 39.9 Å². The van der Waals surface area contributed by atoms with Gasteiger partial charge in [-0.1, -0.05) is 0 Å². The van der Waals surface area contributed by atoms with E-state index in [4.69, 9.17) is 4.74 Å². The minimum atomic E-state index is 0.351. The molecule has 24 heavy (non-hydrogen) atoms. The van der Waals surface area contributed by atoms with E-state index in [1.54, 1.807) is 11.3 Å². The van der Waals surface area contributed by atoms with Crippen LogP contribution in [0.25, 0.3) is 0 Å². The van der Waals surface area contributed by atoms with Gasteiger partial charge >= 0.3 is 0 Å². The molecule has 1 saturated heterocycles. The fourth-order valence-corrected chi connectivity index (χ4v) is 4.33. The summed E-state index contributed by atoms with van der Waals surface area (Å²) < 4.78 is 7.76. The predicted octanol–water partition coefficient (Wildman–Crippen LogP) is 3.73. The lowest BCUT2D eigenvalue weighted by molar-refractivity contribution is -0.00231. The number of ether oxygens (including phenoxy) is 1. The summed E-state index contributed by atoms with van der Waals surface area (Å²) in [4.78, 5) is 2.56. The highest BCUT2D eigenvalue weighted by Crippen LogP contribution is 2.37. The Balaban J connectivity index is 1.55. The van der Waals surface area contributed by atoms with E-state index in [0.29, 0.717) is 5.41 Å². The Labute approximate surface area is 149 Å². The molecule has 1 fully saturated rings. The largest absolute Gasteiger partial charge is 0.381 e. The molecule has 0 radical (unpaired) electrons. The Morgan fingerprint density at radius 1 is 1.29 bits per heavy atom. The summed E-state index contributed by atoms with van der Waals surface area (Å²) in [5.41, 5.74) is 3.14. The zero-order chi connectivity index (χ0) is 16.8. The fraction of sp³-hybridized carbons (Fsp3) is 0.632. The number of thiophene rings is 1. The number of nitrogens with zero attached hydrogens (tertiary/aromatic N) is 3. The molecular formula is C19H29N3OS. The quantitative estimate of drug-likeness (QED) is 0.729. The second kappa shape index (κ2) is 8.28. The Bertz CT molecular complexity index is 600. The van der Waals surface area contributed by atoms with Crippen LogP contribution in [-0.4, -0.2) is 41.0 Å². The van der Waals surface area contributed by atoms with E-state index in [9.17, 15) is 0 Å². The van der Waals surface area contributed by atoms with E-state index < -0.39 is 0 Å². The number of hydrogen-bond donors (Lipinski definition) is 0. The topological polar surface area (TPSA) is 30.3 Å². The highest BCUT2D eigenvalue weighted by Gasteiger charge is 2.34. The van der Waals surface area contributed by atoms with Gasteiger partial charge in [-0.25, -0.2) is 0 Å². The molecule has 3 heterocycles. The second-order valence-electron chi connectivity index (χ2n) is 7.07. The summed E-state index contributed by atoms with van der Waals surface area (Å²) in [5, 5.41) is 8.75. The first kappa shape index (κ1) is 17.6. The molecule has 4 nitrogen and oxygen atoms in total. The molecule has 132 valence electrons. The lowest BCUT2D eigenvalue weighted by Gasteiger charge is -2.41. The van der Waals surface area contributed by atoms with Crippen LogP contribution in [0.3, 0.4) is 0 Å². The highest BCUT2D eigenvalue weighted by molar-refractivity contribution is 7.07. The van der Waals surface area contributed by atoms with Gasteiger partial charge in [-0.2, -0.15) is 16.4 Å². The summed E-state index contributed by atoms with van der Waals surface area (Å²) >= 11 is 1.80.